The van der Waals surface area contributed by atoms with E-state index >= 15 is 0 Å². The van der Waals surface area contributed by atoms with Crippen molar-refractivity contribution in [2.75, 3.05) is 5.32 Å². The summed E-state index contributed by atoms with van der Waals surface area (Å²) in [6, 6.07) is 8.66. The van der Waals surface area contributed by atoms with Gasteiger partial charge in [0.25, 0.3) is 0 Å². The number of nitrogens with zero attached hydrogens (tertiary/aromatic N) is 2. The summed E-state index contributed by atoms with van der Waals surface area (Å²) >= 11 is 0. The quantitative estimate of drug-likeness (QED) is 0.822. The number of carbonyl (C=O) groups is 2. The van der Waals surface area contributed by atoms with Crippen molar-refractivity contribution in [3.8, 4) is 11.8 Å². The molecule has 0 fully saturated rings. The van der Waals surface area contributed by atoms with Gasteiger partial charge in [0.2, 0.25) is 5.91 Å². The van der Waals surface area contributed by atoms with E-state index in [-0.39, 0.29) is 6.01 Å². The van der Waals surface area contributed by atoms with E-state index < -0.39 is 11.9 Å². The monoisotopic (exact) mass is 313 g/mol. The molecule has 0 atom stereocenters. The number of carboxylic acids is 1. The molecule has 0 spiro atoms. The lowest BCUT2D eigenvalue weighted by Gasteiger charge is -2.07. The highest BCUT2D eigenvalue weighted by molar-refractivity contribution is 6.02. The van der Waals surface area contributed by atoms with Crippen molar-refractivity contribution in [1.29, 1.82) is 0 Å². The van der Waals surface area contributed by atoms with Crippen LogP contribution in [0.15, 0.2) is 42.5 Å². The topological polar surface area (TPSA) is 101 Å². The Hall–Kier alpha value is -3.22. The van der Waals surface area contributed by atoms with Crippen molar-refractivity contribution < 1.29 is 19.4 Å². The lowest BCUT2D eigenvalue weighted by atomic mass is 10.3. The fourth-order valence-corrected chi connectivity index (χ4v) is 1.78. The van der Waals surface area contributed by atoms with Gasteiger partial charge in [-0.2, -0.15) is 0 Å². The van der Waals surface area contributed by atoms with Gasteiger partial charge in [-0.3, -0.25) is 4.79 Å². The van der Waals surface area contributed by atoms with Crippen LogP contribution in [0.2, 0.25) is 0 Å². The molecular formula is C16H15N3O4. The summed E-state index contributed by atoms with van der Waals surface area (Å²) in [4.78, 5) is 30.1. The molecule has 0 aliphatic carbocycles. The Balaban J connectivity index is 2.02. The lowest BCUT2D eigenvalue weighted by Crippen LogP contribution is -2.08. The number of benzene rings is 1. The predicted molar refractivity (Wildman–Crippen MR) is 83.4 cm³/mol. The minimum absolute atomic E-state index is 0.253. The minimum Gasteiger partial charge on any atom is -0.478 e. The maximum Gasteiger partial charge on any atom is 0.328 e. The van der Waals surface area contributed by atoms with Gasteiger partial charge in [0.1, 0.15) is 5.75 Å². The number of hydrogen-bond donors (Lipinski definition) is 2. The molecule has 1 aromatic carbocycles. The number of anilines is 1. The first-order valence-corrected chi connectivity index (χ1v) is 6.74. The fraction of sp³-hybridized carbons (Fsp3) is 0.125. The number of hydrogen-bond acceptors (Lipinski definition) is 5. The van der Waals surface area contributed by atoms with Gasteiger partial charge in [0, 0.05) is 29.2 Å². The molecule has 118 valence electrons. The summed E-state index contributed by atoms with van der Waals surface area (Å²) in [5, 5.41) is 11.0. The van der Waals surface area contributed by atoms with Gasteiger partial charge >= 0.3 is 12.0 Å². The number of rotatable bonds is 5. The Morgan fingerprint density at radius 3 is 2.26 bits per heavy atom. The van der Waals surface area contributed by atoms with E-state index in [1.165, 1.54) is 0 Å². The third-order valence-corrected chi connectivity index (χ3v) is 2.67. The van der Waals surface area contributed by atoms with Crippen molar-refractivity contribution >= 4 is 17.6 Å². The molecule has 0 aliphatic heterocycles. The first kappa shape index (κ1) is 16.2. The minimum atomic E-state index is -1.18. The maximum atomic E-state index is 11.5. The summed E-state index contributed by atoms with van der Waals surface area (Å²) in [5.41, 5.74) is 2.13. The van der Waals surface area contributed by atoms with E-state index in [1.807, 2.05) is 19.9 Å². The van der Waals surface area contributed by atoms with Gasteiger partial charge in [0.05, 0.1) is 0 Å². The molecule has 0 bridgehead atoms. The third kappa shape index (κ3) is 5.24. The summed E-state index contributed by atoms with van der Waals surface area (Å²) in [6.45, 7) is 3.70. The number of carboxylic acid groups (broad SMARTS) is 1. The second-order valence-corrected chi connectivity index (χ2v) is 4.72. The van der Waals surface area contributed by atoms with Gasteiger partial charge < -0.3 is 15.2 Å². The van der Waals surface area contributed by atoms with Crippen LogP contribution in [0, 0.1) is 13.8 Å². The summed E-state index contributed by atoms with van der Waals surface area (Å²) in [7, 11) is 0. The van der Waals surface area contributed by atoms with Crippen LogP contribution < -0.4 is 10.1 Å². The molecule has 0 radical (unpaired) electrons. The molecule has 0 saturated carbocycles. The third-order valence-electron chi connectivity index (χ3n) is 2.67. The van der Waals surface area contributed by atoms with Crippen molar-refractivity contribution in [2.45, 2.75) is 13.8 Å². The van der Waals surface area contributed by atoms with Crippen molar-refractivity contribution in [2.24, 2.45) is 0 Å². The zero-order chi connectivity index (χ0) is 16.8. The number of aromatic nitrogens is 2. The smallest absolute Gasteiger partial charge is 0.328 e. The summed E-state index contributed by atoms with van der Waals surface area (Å²) < 4.78 is 5.55. The molecule has 1 aromatic heterocycles. The molecule has 2 rings (SSSR count). The second kappa shape index (κ2) is 7.17. The normalized spacial score (nSPS) is 10.5. The van der Waals surface area contributed by atoms with E-state index in [1.54, 1.807) is 24.3 Å². The number of ether oxygens (including phenoxy) is 1. The number of amides is 1. The molecule has 2 N–H and O–H groups in total. The van der Waals surface area contributed by atoms with Crippen LogP contribution in [0.5, 0.6) is 11.8 Å². The summed E-state index contributed by atoms with van der Waals surface area (Å²) in [5.74, 6) is -1.19. The molecule has 7 heteroatoms. The fourth-order valence-electron chi connectivity index (χ4n) is 1.78. The molecular weight excluding hydrogens is 298 g/mol. The van der Waals surface area contributed by atoms with E-state index in [9.17, 15) is 9.59 Å². The average molecular weight is 313 g/mol. The molecule has 2 aromatic rings. The van der Waals surface area contributed by atoms with Crippen LogP contribution in [0.1, 0.15) is 11.4 Å². The molecule has 1 amide bonds. The molecule has 1 heterocycles. The van der Waals surface area contributed by atoms with Crippen LogP contribution in [0.25, 0.3) is 0 Å². The molecule has 0 unspecified atom stereocenters. The van der Waals surface area contributed by atoms with Crippen LogP contribution in [-0.2, 0) is 9.59 Å². The van der Waals surface area contributed by atoms with Crippen LogP contribution in [-0.4, -0.2) is 27.0 Å². The summed E-state index contributed by atoms with van der Waals surface area (Å²) in [6.07, 6.45) is 1.71. The second-order valence-electron chi connectivity index (χ2n) is 4.72. The van der Waals surface area contributed by atoms with E-state index in [2.05, 4.69) is 15.3 Å². The van der Waals surface area contributed by atoms with Crippen molar-refractivity contribution in [1.82, 2.24) is 9.97 Å². The predicted octanol–water partition coefficient (Wildman–Crippen LogP) is 2.47. The largest absolute Gasteiger partial charge is 0.478 e. The Kier molecular flexibility index (Phi) is 5.03. The lowest BCUT2D eigenvalue weighted by molar-refractivity contribution is -0.131. The highest BCUT2D eigenvalue weighted by Crippen LogP contribution is 2.20. The Morgan fingerprint density at radius 2 is 1.70 bits per heavy atom. The molecule has 0 aliphatic rings. The van der Waals surface area contributed by atoms with Crippen LogP contribution in [0.3, 0.4) is 0 Å². The van der Waals surface area contributed by atoms with Crippen molar-refractivity contribution in [3.05, 3.63) is 53.9 Å². The Labute approximate surface area is 132 Å². The zero-order valence-corrected chi connectivity index (χ0v) is 12.6. The Morgan fingerprint density at radius 1 is 1.09 bits per heavy atom. The van der Waals surface area contributed by atoms with Crippen LogP contribution >= 0.6 is 0 Å². The van der Waals surface area contributed by atoms with E-state index in [4.69, 9.17) is 9.84 Å². The number of nitrogens with one attached hydrogen (secondary N) is 1. The zero-order valence-electron chi connectivity index (χ0n) is 12.6. The van der Waals surface area contributed by atoms with E-state index in [0.717, 1.165) is 23.5 Å². The highest BCUT2D eigenvalue weighted by atomic mass is 16.5. The first-order chi connectivity index (χ1) is 10.9. The van der Waals surface area contributed by atoms with Crippen molar-refractivity contribution in [3.63, 3.8) is 0 Å². The van der Waals surface area contributed by atoms with Gasteiger partial charge in [-0.1, -0.05) is 0 Å². The Bertz CT molecular complexity index is 734. The van der Waals surface area contributed by atoms with E-state index in [0.29, 0.717) is 11.4 Å². The number of carbonyl (C=O) groups excluding carboxylic acids is 1. The highest BCUT2D eigenvalue weighted by Gasteiger charge is 2.04. The average Bonchev–Trinajstić information content (AvgIpc) is 2.46. The first-order valence-electron chi connectivity index (χ1n) is 6.74. The van der Waals surface area contributed by atoms with Gasteiger partial charge in [-0.15, -0.1) is 0 Å². The van der Waals surface area contributed by atoms with Crippen LogP contribution in [0.4, 0.5) is 5.69 Å². The SMILES string of the molecule is Cc1cc(C)nc(Oc2ccc(NC(=O)/C=C\C(=O)O)cc2)n1. The number of aryl methyl sites for hydroxylation is 2. The maximum absolute atomic E-state index is 11.5. The van der Waals surface area contributed by atoms with Gasteiger partial charge in [-0.05, 0) is 44.2 Å². The number of aliphatic carboxylic acids is 1. The standard InChI is InChI=1S/C16H15N3O4/c1-10-9-11(2)18-16(17-10)23-13-5-3-12(4-6-13)19-14(20)7-8-15(21)22/h3-9H,1-2H3,(H,19,20)(H,21,22)/b8-7-. The van der Waals surface area contributed by atoms with Gasteiger partial charge in [0.15, 0.2) is 0 Å². The molecule has 7 nitrogen and oxygen atoms in total. The molecule has 23 heavy (non-hydrogen) atoms. The van der Waals surface area contributed by atoms with Gasteiger partial charge in [-0.25, -0.2) is 14.8 Å². The molecule has 0 saturated heterocycles.